The first-order valence-electron chi connectivity index (χ1n) is 8.82. The van der Waals surface area contributed by atoms with Crippen molar-refractivity contribution in [3.05, 3.63) is 83.7 Å². The van der Waals surface area contributed by atoms with Gasteiger partial charge in [-0.05, 0) is 48.2 Å². The lowest BCUT2D eigenvalue weighted by Gasteiger charge is -2.22. The number of rotatable bonds is 7. The number of hydrogen-bond acceptors (Lipinski definition) is 5. The number of ketones is 1. The van der Waals surface area contributed by atoms with Crippen LogP contribution < -0.4 is 16.4 Å². The van der Waals surface area contributed by atoms with E-state index < -0.39 is 0 Å². The summed E-state index contributed by atoms with van der Waals surface area (Å²) in [6.07, 6.45) is 1.69. The summed E-state index contributed by atoms with van der Waals surface area (Å²) in [6, 6.07) is 16.1. The van der Waals surface area contributed by atoms with Crippen LogP contribution in [0.2, 0.25) is 5.02 Å². The molecule has 0 unspecified atom stereocenters. The molecule has 2 aromatic carbocycles. The van der Waals surface area contributed by atoms with Crippen molar-refractivity contribution in [3.8, 4) is 11.1 Å². The standard InChI is InChI=1S/C22H20Cl2N4O/c1-2-28(17-9-5-14(6-10-17)20(29)12-23)13-19-22(18(25)11-21(26)27-19)15-3-7-16(24)8-4-15/h2-11H,1,12-13H2,(H4,25,26,27). The molecule has 0 aliphatic rings. The number of benzene rings is 2. The van der Waals surface area contributed by atoms with Crippen LogP contribution in [0.1, 0.15) is 16.1 Å². The van der Waals surface area contributed by atoms with Crippen LogP contribution in [0.4, 0.5) is 17.2 Å². The number of Topliss-reactive ketones (excluding diaryl/α,β-unsaturated/α-hetero) is 1. The molecule has 3 aromatic rings. The summed E-state index contributed by atoms with van der Waals surface area (Å²) in [5, 5.41) is 0.636. The van der Waals surface area contributed by atoms with E-state index in [1.54, 1.807) is 36.5 Å². The average Bonchev–Trinajstić information content (AvgIpc) is 2.72. The van der Waals surface area contributed by atoms with Crippen LogP contribution in [0, 0.1) is 0 Å². The minimum atomic E-state index is -0.126. The average molecular weight is 427 g/mol. The third kappa shape index (κ3) is 4.70. The van der Waals surface area contributed by atoms with Crippen LogP contribution >= 0.6 is 23.2 Å². The molecule has 7 heteroatoms. The van der Waals surface area contributed by atoms with Gasteiger partial charge >= 0.3 is 0 Å². The number of alkyl halides is 1. The lowest BCUT2D eigenvalue weighted by atomic mass is 10.0. The number of anilines is 3. The zero-order valence-corrected chi connectivity index (χ0v) is 17.1. The number of nitrogen functional groups attached to an aromatic ring is 2. The fourth-order valence-electron chi connectivity index (χ4n) is 3.04. The Kier molecular flexibility index (Phi) is 6.42. The molecule has 0 aliphatic carbocycles. The second-order valence-electron chi connectivity index (χ2n) is 6.38. The van der Waals surface area contributed by atoms with Crippen molar-refractivity contribution in [1.29, 1.82) is 0 Å². The normalized spacial score (nSPS) is 10.6. The fourth-order valence-corrected chi connectivity index (χ4v) is 3.33. The van der Waals surface area contributed by atoms with Gasteiger partial charge in [0.15, 0.2) is 5.78 Å². The van der Waals surface area contributed by atoms with Gasteiger partial charge in [-0.2, -0.15) is 0 Å². The van der Waals surface area contributed by atoms with E-state index in [4.69, 9.17) is 34.7 Å². The van der Waals surface area contributed by atoms with E-state index >= 15 is 0 Å². The van der Waals surface area contributed by atoms with Gasteiger partial charge in [-0.15, -0.1) is 11.6 Å². The molecule has 3 rings (SSSR count). The highest BCUT2D eigenvalue weighted by Crippen LogP contribution is 2.32. The van der Waals surface area contributed by atoms with Gasteiger partial charge < -0.3 is 16.4 Å². The SMILES string of the molecule is C=CN(Cc1nc(N)cc(N)c1-c1ccc(Cl)cc1)c1ccc(C(=O)CCl)cc1. The smallest absolute Gasteiger partial charge is 0.177 e. The largest absolute Gasteiger partial charge is 0.398 e. The van der Waals surface area contributed by atoms with Gasteiger partial charge in [-0.3, -0.25) is 4.79 Å². The molecule has 5 nitrogen and oxygen atoms in total. The van der Waals surface area contributed by atoms with E-state index in [0.717, 1.165) is 16.8 Å². The van der Waals surface area contributed by atoms with Gasteiger partial charge in [0.05, 0.1) is 18.1 Å². The van der Waals surface area contributed by atoms with E-state index in [2.05, 4.69) is 11.6 Å². The molecule has 0 bridgehead atoms. The van der Waals surface area contributed by atoms with Crippen LogP contribution in [0.15, 0.2) is 67.4 Å². The second-order valence-corrected chi connectivity index (χ2v) is 7.08. The van der Waals surface area contributed by atoms with Crippen molar-refractivity contribution in [1.82, 2.24) is 4.98 Å². The summed E-state index contributed by atoms with van der Waals surface area (Å²) >= 11 is 11.6. The number of nitrogens with zero attached hydrogens (tertiary/aromatic N) is 2. The predicted octanol–water partition coefficient (Wildman–Crippen LogP) is 5.14. The molecule has 4 N–H and O–H groups in total. The van der Waals surface area contributed by atoms with E-state index in [9.17, 15) is 4.79 Å². The Morgan fingerprint density at radius 3 is 2.34 bits per heavy atom. The summed E-state index contributed by atoms with van der Waals surface area (Å²) in [7, 11) is 0. The molecule has 1 heterocycles. The molecule has 1 aromatic heterocycles. The minimum Gasteiger partial charge on any atom is -0.398 e. The third-order valence-corrected chi connectivity index (χ3v) is 4.96. The quantitative estimate of drug-likeness (QED) is 0.403. The van der Waals surface area contributed by atoms with E-state index in [1.807, 2.05) is 29.2 Å². The van der Waals surface area contributed by atoms with Crippen molar-refractivity contribution in [2.24, 2.45) is 0 Å². The molecule has 0 fully saturated rings. The molecular formula is C22H20Cl2N4O. The van der Waals surface area contributed by atoms with Crippen LogP contribution in [0.3, 0.4) is 0 Å². The monoisotopic (exact) mass is 426 g/mol. The summed E-state index contributed by atoms with van der Waals surface area (Å²) in [4.78, 5) is 18.1. The topological polar surface area (TPSA) is 85.2 Å². The molecule has 0 aliphatic heterocycles. The Morgan fingerprint density at radius 2 is 1.76 bits per heavy atom. The van der Waals surface area contributed by atoms with Crippen molar-refractivity contribution in [2.45, 2.75) is 6.54 Å². The zero-order valence-electron chi connectivity index (χ0n) is 15.6. The van der Waals surface area contributed by atoms with E-state index in [0.29, 0.717) is 34.3 Å². The third-order valence-electron chi connectivity index (χ3n) is 4.46. The van der Waals surface area contributed by atoms with Gasteiger partial charge in [-0.1, -0.05) is 30.3 Å². The van der Waals surface area contributed by atoms with E-state index in [-0.39, 0.29) is 11.7 Å². The lowest BCUT2D eigenvalue weighted by molar-refractivity contribution is 0.102. The van der Waals surface area contributed by atoms with Gasteiger partial charge in [0, 0.05) is 33.6 Å². The first kappa shape index (κ1) is 20.7. The van der Waals surface area contributed by atoms with Gasteiger partial charge in [-0.25, -0.2) is 4.98 Å². The molecule has 29 heavy (non-hydrogen) atoms. The van der Waals surface area contributed by atoms with Crippen molar-refractivity contribution >= 4 is 46.2 Å². The Morgan fingerprint density at radius 1 is 1.10 bits per heavy atom. The maximum absolute atomic E-state index is 11.7. The summed E-state index contributed by atoms with van der Waals surface area (Å²) in [6.45, 7) is 4.28. The van der Waals surface area contributed by atoms with Gasteiger partial charge in [0.25, 0.3) is 0 Å². The number of pyridine rings is 1. The maximum atomic E-state index is 11.7. The summed E-state index contributed by atoms with van der Waals surface area (Å²) in [5.74, 6) is 0.155. The number of halogens is 2. The highest BCUT2D eigenvalue weighted by Gasteiger charge is 2.16. The molecule has 0 atom stereocenters. The lowest BCUT2D eigenvalue weighted by Crippen LogP contribution is -2.18. The first-order valence-corrected chi connectivity index (χ1v) is 9.73. The Balaban J connectivity index is 1.98. The minimum absolute atomic E-state index is 0.0541. The number of hydrogen-bond donors (Lipinski definition) is 2. The highest BCUT2D eigenvalue weighted by molar-refractivity contribution is 6.30. The first-order chi connectivity index (χ1) is 13.9. The van der Waals surface area contributed by atoms with Crippen LogP contribution in [-0.4, -0.2) is 16.6 Å². The maximum Gasteiger partial charge on any atom is 0.177 e. The number of nitrogens with two attached hydrogens (primary N) is 2. The fraction of sp³-hybridized carbons (Fsp3) is 0.0909. The number of carbonyl (C=O) groups excluding carboxylic acids is 1. The van der Waals surface area contributed by atoms with Gasteiger partial charge in [0.1, 0.15) is 5.82 Å². The van der Waals surface area contributed by atoms with Crippen molar-refractivity contribution in [3.63, 3.8) is 0 Å². The van der Waals surface area contributed by atoms with Crippen molar-refractivity contribution < 1.29 is 4.79 Å². The van der Waals surface area contributed by atoms with Crippen molar-refractivity contribution in [2.75, 3.05) is 22.2 Å². The number of aromatic nitrogens is 1. The number of carbonyl (C=O) groups is 1. The zero-order chi connectivity index (χ0) is 21.0. The predicted molar refractivity (Wildman–Crippen MR) is 121 cm³/mol. The molecule has 0 radical (unpaired) electrons. The second kappa shape index (κ2) is 8.99. The Labute approximate surface area is 179 Å². The Hall–Kier alpha value is -3.02. The van der Waals surface area contributed by atoms with Crippen LogP contribution in [0.25, 0.3) is 11.1 Å². The highest BCUT2D eigenvalue weighted by atomic mass is 35.5. The molecule has 0 saturated heterocycles. The molecule has 0 amide bonds. The van der Waals surface area contributed by atoms with Gasteiger partial charge in [0.2, 0.25) is 0 Å². The molecular weight excluding hydrogens is 407 g/mol. The molecule has 148 valence electrons. The van der Waals surface area contributed by atoms with Crippen LogP contribution in [0.5, 0.6) is 0 Å². The Bertz CT molecular complexity index is 1030. The van der Waals surface area contributed by atoms with E-state index in [1.165, 1.54) is 0 Å². The summed E-state index contributed by atoms with van der Waals surface area (Å²) < 4.78 is 0. The van der Waals surface area contributed by atoms with Crippen LogP contribution in [-0.2, 0) is 6.54 Å². The molecule has 0 spiro atoms. The molecule has 0 saturated carbocycles. The summed E-state index contributed by atoms with van der Waals surface area (Å²) in [5.41, 5.74) is 16.5.